The lowest BCUT2D eigenvalue weighted by atomic mass is 10.4. The predicted molar refractivity (Wildman–Crippen MR) is 34.9 cm³/mol. The van der Waals surface area contributed by atoms with Crippen molar-refractivity contribution in [1.82, 2.24) is 5.32 Å². The molecule has 11 heavy (non-hydrogen) atoms. The Balaban J connectivity index is 3.16. The molecule has 0 aromatic rings. The highest BCUT2D eigenvalue weighted by Gasteiger charge is 2.18. The van der Waals surface area contributed by atoms with Crippen LogP contribution < -0.4 is 5.32 Å². The third kappa shape index (κ3) is 1.45. The van der Waals surface area contributed by atoms with Gasteiger partial charge in [-0.3, -0.25) is 0 Å². The highest BCUT2D eigenvalue weighted by Crippen LogP contribution is 2.21. The predicted octanol–water partition coefficient (Wildman–Crippen LogP) is 1.01. The second-order valence-electron chi connectivity index (χ2n) is 1.61. The maximum Gasteiger partial charge on any atom is 0.290 e. The first kappa shape index (κ1) is 7.91. The molecule has 0 aromatic heterocycles. The molecule has 1 aliphatic rings. The molecule has 0 bridgehead atoms. The summed E-state index contributed by atoms with van der Waals surface area (Å²) >= 11 is 5.17. The molecule has 0 saturated carbocycles. The molecule has 1 heterocycles. The molecule has 0 spiro atoms. The lowest BCUT2D eigenvalue weighted by Gasteiger charge is -2.07. The number of carbonyl (C=O) groups excluding carboxylic acids is 1. The van der Waals surface area contributed by atoms with Crippen LogP contribution in [0.2, 0.25) is 0 Å². The van der Waals surface area contributed by atoms with Gasteiger partial charge >= 0.3 is 0 Å². The fourth-order valence-corrected chi connectivity index (χ4v) is 0.623. The van der Waals surface area contributed by atoms with Crippen LogP contribution in [0, 0.1) is 0 Å². The third-order valence-electron chi connectivity index (χ3n) is 0.927. The summed E-state index contributed by atoms with van der Waals surface area (Å²) in [5, 5.41) is 1.22. The van der Waals surface area contributed by atoms with E-state index in [0.29, 0.717) is 0 Å². The van der Waals surface area contributed by atoms with Crippen LogP contribution in [0.3, 0.4) is 0 Å². The normalized spacial score (nSPS) is 17.4. The van der Waals surface area contributed by atoms with Gasteiger partial charge in [0.15, 0.2) is 11.6 Å². The Morgan fingerprint density at radius 2 is 2.18 bits per heavy atom. The minimum Gasteiger partial charge on any atom is -0.305 e. The molecule has 0 aliphatic carbocycles. The number of nitrogens with one attached hydrogen (secondary N) is 1. The second-order valence-corrected chi connectivity index (χ2v) is 1.99. The summed E-state index contributed by atoms with van der Waals surface area (Å²) in [7, 11) is 0. The minimum absolute atomic E-state index is 0.489. The average Bonchev–Trinajstić information content (AvgIpc) is 1.96. The van der Waals surface area contributed by atoms with E-state index < -0.39 is 22.8 Å². The van der Waals surface area contributed by atoms with E-state index in [1.54, 1.807) is 5.32 Å². The van der Waals surface area contributed by atoms with Crippen molar-refractivity contribution in [3.05, 3.63) is 16.7 Å². The molecule has 0 fully saturated rings. The Morgan fingerprint density at radius 3 is 2.73 bits per heavy atom. The number of aliphatic imine (C=N–C) groups is 1. The van der Waals surface area contributed by atoms with Gasteiger partial charge in [0, 0.05) is 0 Å². The van der Waals surface area contributed by atoms with Crippen molar-refractivity contribution in [3.63, 3.8) is 0 Å². The summed E-state index contributed by atoms with van der Waals surface area (Å²) in [6.45, 7) is 0. The molecule has 3 nitrogen and oxygen atoms in total. The highest BCUT2D eigenvalue weighted by molar-refractivity contribution is 6.33. The first-order valence-corrected chi connectivity index (χ1v) is 2.85. The molecule has 1 rings (SSSR count). The quantitative estimate of drug-likeness (QED) is 0.444. The van der Waals surface area contributed by atoms with Crippen molar-refractivity contribution < 1.29 is 13.6 Å². The smallest absolute Gasteiger partial charge is 0.290 e. The molecule has 58 valence electrons. The van der Waals surface area contributed by atoms with Crippen LogP contribution in [0.4, 0.5) is 8.78 Å². The maximum atomic E-state index is 12.3. The van der Waals surface area contributed by atoms with Crippen molar-refractivity contribution in [1.29, 1.82) is 0 Å². The Hall–Kier alpha value is -1.19. The molecule has 0 atom stereocenters. The van der Waals surface area contributed by atoms with E-state index in [1.807, 2.05) is 0 Å². The van der Waals surface area contributed by atoms with Crippen LogP contribution in [0.5, 0.6) is 0 Å². The van der Waals surface area contributed by atoms with E-state index >= 15 is 0 Å². The molecule has 1 aliphatic heterocycles. The summed E-state index contributed by atoms with van der Waals surface area (Å²) in [6, 6.07) is 0. The van der Waals surface area contributed by atoms with Gasteiger partial charge in [0.25, 0.3) is 6.09 Å². The first-order chi connectivity index (χ1) is 5.15. The lowest BCUT2D eigenvalue weighted by molar-refractivity contribution is 0.563. The Bertz CT molecular complexity index is 304. The monoisotopic (exact) mass is 178 g/mol. The standard InChI is InChI=1S/C5HClF2N2O/c6-3-2(1-11)9-5(8)10-4(3)7/h(H,9,10). The van der Waals surface area contributed by atoms with Gasteiger partial charge in [0.1, 0.15) is 5.03 Å². The number of nitrogens with zero attached hydrogens (tertiary/aromatic N) is 1. The van der Waals surface area contributed by atoms with Crippen LogP contribution in [0.25, 0.3) is 0 Å². The summed E-state index contributed by atoms with van der Waals surface area (Å²) in [4.78, 5) is 12.6. The largest absolute Gasteiger partial charge is 0.305 e. The highest BCUT2D eigenvalue weighted by atomic mass is 35.5. The van der Waals surface area contributed by atoms with Gasteiger partial charge in [0.2, 0.25) is 5.95 Å². The molecule has 1 N–H and O–H groups in total. The zero-order valence-corrected chi connectivity index (χ0v) is 5.75. The van der Waals surface area contributed by atoms with Gasteiger partial charge in [-0.25, -0.2) is 4.79 Å². The van der Waals surface area contributed by atoms with Gasteiger partial charge in [-0.15, -0.1) is 0 Å². The first-order valence-electron chi connectivity index (χ1n) is 2.47. The van der Waals surface area contributed by atoms with E-state index in [0.717, 1.165) is 0 Å². The minimum atomic E-state index is -1.23. The molecule has 0 aromatic carbocycles. The van der Waals surface area contributed by atoms with Crippen LogP contribution in [0.1, 0.15) is 0 Å². The van der Waals surface area contributed by atoms with Gasteiger partial charge in [0.05, 0.1) is 0 Å². The number of halogens is 3. The SMILES string of the molecule is O=C=C1NC(F)=NC(F)=C1Cl. The number of hydrogen-bond acceptors (Lipinski definition) is 3. The van der Waals surface area contributed by atoms with Crippen molar-refractivity contribution in [3.8, 4) is 0 Å². The van der Waals surface area contributed by atoms with Gasteiger partial charge in [-0.2, -0.15) is 13.8 Å². The van der Waals surface area contributed by atoms with Gasteiger partial charge < -0.3 is 5.32 Å². The van der Waals surface area contributed by atoms with Gasteiger partial charge in [-0.05, 0) is 0 Å². The van der Waals surface area contributed by atoms with Crippen LogP contribution in [-0.4, -0.2) is 12.0 Å². The molecule has 0 amide bonds. The second kappa shape index (κ2) is 2.82. The van der Waals surface area contributed by atoms with Crippen LogP contribution in [-0.2, 0) is 4.79 Å². The van der Waals surface area contributed by atoms with E-state index in [1.165, 1.54) is 5.94 Å². The fraction of sp³-hybridized carbons (Fsp3) is 0. The van der Waals surface area contributed by atoms with Crippen LogP contribution in [0.15, 0.2) is 21.7 Å². The lowest BCUT2D eigenvalue weighted by Crippen LogP contribution is -2.22. The average molecular weight is 179 g/mol. The summed E-state index contributed by atoms with van der Waals surface area (Å²) < 4.78 is 24.5. The number of hydrogen-bond donors (Lipinski definition) is 1. The summed E-state index contributed by atoms with van der Waals surface area (Å²) in [5.74, 6) is -0.0155. The number of allylic oxidation sites excluding steroid dienone is 1. The summed E-state index contributed by atoms with van der Waals surface area (Å²) in [5.41, 5.74) is -0.489. The maximum absolute atomic E-state index is 12.3. The van der Waals surface area contributed by atoms with Crippen molar-refractivity contribution in [2.75, 3.05) is 0 Å². The number of rotatable bonds is 0. The molecular weight excluding hydrogens is 178 g/mol. The summed E-state index contributed by atoms with van der Waals surface area (Å²) in [6.07, 6.45) is -1.22. The Kier molecular flexibility index (Phi) is 2.03. The molecular formula is C5HClF2N2O. The number of amidine groups is 1. The zero-order valence-electron chi connectivity index (χ0n) is 4.99. The molecule has 0 radical (unpaired) electrons. The zero-order chi connectivity index (χ0) is 8.43. The van der Waals surface area contributed by atoms with Crippen molar-refractivity contribution in [2.24, 2.45) is 4.99 Å². The van der Waals surface area contributed by atoms with Crippen molar-refractivity contribution >= 4 is 23.6 Å². The van der Waals surface area contributed by atoms with E-state index in [-0.39, 0.29) is 0 Å². The Labute approximate surface area is 65.1 Å². The van der Waals surface area contributed by atoms with E-state index in [2.05, 4.69) is 4.99 Å². The molecule has 6 heteroatoms. The molecule has 0 saturated heterocycles. The third-order valence-corrected chi connectivity index (χ3v) is 1.27. The fourth-order valence-electron chi connectivity index (χ4n) is 0.495. The van der Waals surface area contributed by atoms with E-state index in [9.17, 15) is 13.6 Å². The van der Waals surface area contributed by atoms with Crippen molar-refractivity contribution in [2.45, 2.75) is 0 Å². The van der Waals surface area contributed by atoms with Gasteiger partial charge in [-0.1, -0.05) is 11.6 Å². The Morgan fingerprint density at radius 1 is 1.55 bits per heavy atom. The molecule has 0 unspecified atom stereocenters. The topological polar surface area (TPSA) is 41.5 Å². The van der Waals surface area contributed by atoms with E-state index in [4.69, 9.17) is 11.6 Å². The van der Waals surface area contributed by atoms with Crippen LogP contribution >= 0.6 is 11.6 Å².